The Kier molecular flexibility index (Phi) is 5.20. The number of carbonyl (C=O) groups is 1. The van der Waals surface area contributed by atoms with Crippen LogP contribution >= 0.6 is 0 Å². The van der Waals surface area contributed by atoms with E-state index in [-0.39, 0.29) is 0 Å². The first-order chi connectivity index (χ1) is 7.77. The highest BCUT2D eigenvalue weighted by Crippen LogP contribution is 2.26. The Balaban J connectivity index is 0.000000606. The molecule has 0 aromatic heterocycles. The normalized spacial score (nSPS) is 16.4. The first-order valence-corrected chi connectivity index (χ1v) is 5.84. The Labute approximate surface area is 98.1 Å². The average molecular weight is 219 g/mol. The van der Waals surface area contributed by atoms with Gasteiger partial charge in [-0.2, -0.15) is 0 Å². The molecule has 16 heavy (non-hydrogen) atoms. The molecule has 1 heterocycles. The maximum absolute atomic E-state index is 8.00. The largest absolute Gasteiger partial charge is 0.317 e. The molecule has 1 saturated heterocycles. The van der Waals surface area contributed by atoms with Crippen LogP contribution in [-0.2, 0) is 4.79 Å². The molecule has 2 rings (SSSR count). The smallest absolute Gasteiger partial charge is 0.106 e. The van der Waals surface area contributed by atoms with Crippen molar-refractivity contribution < 1.29 is 4.79 Å². The van der Waals surface area contributed by atoms with Gasteiger partial charge in [-0.25, -0.2) is 0 Å². The Bertz CT molecular complexity index is 330. The van der Waals surface area contributed by atoms with Crippen molar-refractivity contribution in [1.29, 1.82) is 0 Å². The van der Waals surface area contributed by atoms with Gasteiger partial charge >= 0.3 is 0 Å². The molecule has 2 nitrogen and oxygen atoms in total. The van der Waals surface area contributed by atoms with Gasteiger partial charge in [-0.05, 0) is 62.4 Å². The van der Waals surface area contributed by atoms with E-state index in [0.29, 0.717) is 0 Å². The molecule has 1 aliphatic heterocycles. The van der Waals surface area contributed by atoms with Crippen molar-refractivity contribution in [2.75, 3.05) is 13.1 Å². The summed E-state index contributed by atoms with van der Waals surface area (Å²) in [5.41, 5.74) is 4.37. The van der Waals surface area contributed by atoms with Gasteiger partial charge in [0, 0.05) is 0 Å². The second-order valence-corrected chi connectivity index (χ2v) is 4.37. The van der Waals surface area contributed by atoms with E-state index in [1.54, 1.807) is 0 Å². The van der Waals surface area contributed by atoms with Gasteiger partial charge in [0.15, 0.2) is 0 Å². The van der Waals surface area contributed by atoms with E-state index < -0.39 is 0 Å². The van der Waals surface area contributed by atoms with Gasteiger partial charge < -0.3 is 10.1 Å². The fraction of sp³-hybridized carbons (Fsp3) is 0.500. The van der Waals surface area contributed by atoms with Gasteiger partial charge in [0.2, 0.25) is 0 Å². The lowest BCUT2D eigenvalue weighted by Crippen LogP contribution is -2.26. The Morgan fingerprint density at radius 2 is 1.75 bits per heavy atom. The predicted molar refractivity (Wildman–Crippen MR) is 67.9 cm³/mol. The molecular formula is C14H21NO. The lowest BCUT2D eigenvalue weighted by atomic mass is 9.89. The van der Waals surface area contributed by atoms with E-state index in [1.165, 1.54) is 42.6 Å². The molecule has 0 radical (unpaired) electrons. The zero-order valence-corrected chi connectivity index (χ0v) is 10.3. The van der Waals surface area contributed by atoms with Crippen LogP contribution in [0.3, 0.4) is 0 Å². The fourth-order valence-electron chi connectivity index (χ4n) is 2.17. The van der Waals surface area contributed by atoms with Gasteiger partial charge in [0.1, 0.15) is 6.79 Å². The van der Waals surface area contributed by atoms with Crippen molar-refractivity contribution in [3.05, 3.63) is 34.9 Å². The van der Waals surface area contributed by atoms with Gasteiger partial charge in [-0.3, -0.25) is 0 Å². The quantitative estimate of drug-likeness (QED) is 0.786. The topological polar surface area (TPSA) is 29.1 Å². The van der Waals surface area contributed by atoms with Crippen LogP contribution in [0.25, 0.3) is 0 Å². The van der Waals surface area contributed by atoms with Crippen molar-refractivity contribution in [2.45, 2.75) is 32.6 Å². The maximum atomic E-state index is 8.00. The SMILES string of the molecule is C=O.Cc1ccc(C2CCNCC2)cc1C. The summed E-state index contributed by atoms with van der Waals surface area (Å²) >= 11 is 0. The number of carbonyl (C=O) groups excluding carboxylic acids is 1. The number of hydrogen-bond acceptors (Lipinski definition) is 2. The van der Waals surface area contributed by atoms with Crippen LogP contribution in [0, 0.1) is 13.8 Å². The van der Waals surface area contributed by atoms with Crippen LogP contribution in [0.1, 0.15) is 35.4 Å². The molecule has 1 aliphatic rings. The van der Waals surface area contributed by atoms with Crippen LogP contribution < -0.4 is 5.32 Å². The van der Waals surface area contributed by atoms with Crippen molar-refractivity contribution in [3.8, 4) is 0 Å². The molecular weight excluding hydrogens is 198 g/mol. The minimum absolute atomic E-state index is 0.788. The van der Waals surface area contributed by atoms with Crippen molar-refractivity contribution in [1.82, 2.24) is 5.32 Å². The van der Waals surface area contributed by atoms with Crippen LogP contribution in [0.2, 0.25) is 0 Å². The third kappa shape index (κ3) is 3.17. The second kappa shape index (κ2) is 6.44. The summed E-state index contributed by atoms with van der Waals surface area (Å²) in [7, 11) is 0. The Hall–Kier alpha value is -1.15. The summed E-state index contributed by atoms with van der Waals surface area (Å²) in [5.74, 6) is 0.788. The van der Waals surface area contributed by atoms with E-state index in [4.69, 9.17) is 4.79 Å². The zero-order chi connectivity index (χ0) is 12.0. The molecule has 0 spiro atoms. The summed E-state index contributed by atoms with van der Waals surface area (Å²) < 4.78 is 0. The summed E-state index contributed by atoms with van der Waals surface area (Å²) in [6, 6.07) is 6.93. The highest BCUT2D eigenvalue weighted by molar-refractivity contribution is 5.32. The maximum Gasteiger partial charge on any atom is 0.106 e. The lowest BCUT2D eigenvalue weighted by molar-refractivity contribution is -0.0979. The van der Waals surface area contributed by atoms with Crippen molar-refractivity contribution >= 4 is 6.79 Å². The molecule has 1 aromatic carbocycles. The first kappa shape index (κ1) is 12.9. The third-order valence-corrected chi connectivity index (χ3v) is 3.34. The van der Waals surface area contributed by atoms with Gasteiger partial charge in [-0.1, -0.05) is 18.2 Å². The van der Waals surface area contributed by atoms with E-state index in [2.05, 4.69) is 37.4 Å². The number of hydrogen-bond donors (Lipinski definition) is 1. The van der Waals surface area contributed by atoms with E-state index in [0.717, 1.165) is 5.92 Å². The minimum atomic E-state index is 0.788. The second-order valence-electron chi connectivity index (χ2n) is 4.37. The molecule has 1 fully saturated rings. The van der Waals surface area contributed by atoms with Crippen LogP contribution in [-0.4, -0.2) is 19.9 Å². The molecule has 2 heteroatoms. The van der Waals surface area contributed by atoms with Crippen LogP contribution in [0.15, 0.2) is 18.2 Å². The summed E-state index contributed by atoms with van der Waals surface area (Å²) in [5, 5.41) is 3.41. The molecule has 88 valence electrons. The molecule has 0 aliphatic carbocycles. The molecule has 0 bridgehead atoms. The van der Waals surface area contributed by atoms with Gasteiger partial charge in [-0.15, -0.1) is 0 Å². The van der Waals surface area contributed by atoms with Crippen molar-refractivity contribution in [2.24, 2.45) is 0 Å². The summed E-state index contributed by atoms with van der Waals surface area (Å²) in [6.07, 6.45) is 2.59. The standard InChI is InChI=1S/C13H19N.CH2O/c1-10-3-4-13(9-11(10)2)12-5-7-14-8-6-12;1-2/h3-4,9,12,14H,5-8H2,1-2H3;1H2. The van der Waals surface area contributed by atoms with E-state index in [9.17, 15) is 0 Å². The molecule has 1 aromatic rings. The average Bonchev–Trinajstić information content (AvgIpc) is 2.36. The number of benzene rings is 1. The number of rotatable bonds is 1. The van der Waals surface area contributed by atoms with E-state index >= 15 is 0 Å². The van der Waals surface area contributed by atoms with Crippen LogP contribution in [0.5, 0.6) is 0 Å². The molecule has 0 saturated carbocycles. The van der Waals surface area contributed by atoms with Gasteiger partial charge in [0.05, 0.1) is 0 Å². The predicted octanol–water partition coefficient (Wildman–Crippen LogP) is 2.59. The monoisotopic (exact) mass is 219 g/mol. The molecule has 0 unspecified atom stereocenters. The highest BCUT2D eigenvalue weighted by Gasteiger charge is 2.14. The van der Waals surface area contributed by atoms with Crippen LogP contribution in [0.4, 0.5) is 0 Å². The number of nitrogens with one attached hydrogen (secondary N) is 1. The lowest BCUT2D eigenvalue weighted by Gasteiger charge is -2.23. The minimum Gasteiger partial charge on any atom is -0.317 e. The number of piperidine rings is 1. The van der Waals surface area contributed by atoms with Crippen molar-refractivity contribution in [3.63, 3.8) is 0 Å². The first-order valence-electron chi connectivity index (χ1n) is 5.84. The zero-order valence-electron chi connectivity index (χ0n) is 10.3. The summed E-state index contributed by atoms with van der Waals surface area (Å²) in [6.45, 7) is 8.75. The fourth-order valence-corrected chi connectivity index (χ4v) is 2.17. The van der Waals surface area contributed by atoms with E-state index in [1.807, 2.05) is 6.79 Å². The molecule has 0 atom stereocenters. The van der Waals surface area contributed by atoms with Gasteiger partial charge in [0.25, 0.3) is 0 Å². The molecule has 1 N–H and O–H groups in total. The summed E-state index contributed by atoms with van der Waals surface area (Å²) in [4.78, 5) is 8.00. The Morgan fingerprint density at radius 3 is 2.31 bits per heavy atom. The third-order valence-electron chi connectivity index (χ3n) is 3.34. The highest BCUT2D eigenvalue weighted by atomic mass is 16.1. The Morgan fingerprint density at radius 1 is 1.12 bits per heavy atom. The number of aryl methyl sites for hydroxylation is 2. The molecule has 0 amide bonds.